The van der Waals surface area contributed by atoms with E-state index in [2.05, 4.69) is 101 Å². The van der Waals surface area contributed by atoms with Crippen molar-refractivity contribution in [2.45, 2.75) is 39.2 Å². The summed E-state index contributed by atoms with van der Waals surface area (Å²) in [4.78, 5) is 1.48. The molecule has 4 aromatic carbocycles. The van der Waals surface area contributed by atoms with E-state index in [1.807, 2.05) is 37.3 Å². The minimum Gasteiger partial charge on any atom is -0.456 e. The fourth-order valence-electron chi connectivity index (χ4n) is 7.46. The molecular formula is C40H33N3OS. The average molecular weight is 604 g/mol. The van der Waals surface area contributed by atoms with Crippen molar-refractivity contribution >= 4 is 88.1 Å². The first kappa shape index (κ1) is 26.4. The number of hydrogen-bond donors (Lipinski definition) is 2. The lowest BCUT2D eigenvalue weighted by Gasteiger charge is -2.18. The second-order valence-corrected chi connectivity index (χ2v) is 12.9. The molecule has 0 amide bonds. The Hall–Kier alpha value is -5.00. The van der Waals surface area contributed by atoms with Crippen molar-refractivity contribution < 1.29 is 4.42 Å². The summed E-state index contributed by atoms with van der Waals surface area (Å²) in [6.45, 7) is 4.00. The topological polar surface area (TPSA) is 55.6 Å². The minimum absolute atomic E-state index is 0.179. The highest BCUT2D eigenvalue weighted by molar-refractivity contribution is 7.20. The largest absolute Gasteiger partial charge is 0.456 e. The summed E-state index contributed by atoms with van der Waals surface area (Å²) >= 11 is 1.96. The Morgan fingerprint density at radius 2 is 1.71 bits per heavy atom. The number of nitrogen functional groups attached to an aromatic ring is 1. The molecule has 0 spiro atoms. The lowest BCUT2D eigenvalue weighted by Crippen LogP contribution is -2.18. The first-order chi connectivity index (χ1) is 22.2. The van der Waals surface area contributed by atoms with E-state index in [0.717, 1.165) is 58.1 Å². The number of nitrogens with zero attached hydrogens (tertiary/aromatic N) is 1. The molecule has 4 aromatic heterocycles. The Balaban J connectivity index is 0.00000138. The maximum Gasteiger partial charge on any atom is 0.135 e. The lowest BCUT2D eigenvalue weighted by molar-refractivity contribution is 0.669. The van der Waals surface area contributed by atoms with Crippen LogP contribution in [0.5, 0.6) is 0 Å². The van der Waals surface area contributed by atoms with E-state index in [1.54, 1.807) is 0 Å². The molecule has 0 bridgehead atoms. The maximum absolute atomic E-state index is 7.11. The molecular weight excluding hydrogens is 571 g/mol. The molecule has 45 heavy (non-hydrogen) atoms. The molecule has 1 unspecified atom stereocenters. The Morgan fingerprint density at radius 3 is 2.60 bits per heavy atom. The van der Waals surface area contributed by atoms with Crippen molar-refractivity contribution in [3.63, 3.8) is 0 Å². The van der Waals surface area contributed by atoms with Gasteiger partial charge in [0.2, 0.25) is 0 Å². The van der Waals surface area contributed by atoms with Gasteiger partial charge in [-0.2, -0.15) is 0 Å². The van der Waals surface area contributed by atoms with Gasteiger partial charge < -0.3 is 15.5 Å². The van der Waals surface area contributed by atoms with Crippen LogP contribution in [0.25, 0.3) is 76.4 Å². The van der Waals surface area contributed by atoms with Crippen LogP contribution in [0.4, 0.5) is 11.5 Å². The zero-order valence-corrected chi connectivity index (χ0v) is 26.2. The molecule has 2 aliphatic carbocycles. The van der Waals surface area contributed by atoms with Crippen molar-refractivity contribution in [2.24, 2.45) is 0 Å². The number of hydrogen-bond acceptors (Lipinski definition) is 4. The van der Waals surface area contributed by atoms with E-state index in [9.17, 15) is 0 Å². The van der Waals surface area contributed by atoms with Crippen LogP contribution in [0, 0.1) is 0 Å². The van der Waals surface area contributed by atoms with Gasteiger partial charge in [0, 0.05) is 53.5 Å². The van der Waals surface area contributed by atoms with Gasteiger partial charge in [-0.05, 0) is 54.7 Å². The van der Waals surface area contributed by atoms with Gasteiger partial charge in [0.1, 0.15) is 17.0 Å². The van der Waals surface area contributed by atoms with Gasteiger partial charge in [-0.15, -0.1) is 11.3 Å². The van der Waals surface area contributed by atoms with Gasteiger partial charge in [-0.3, -0.25) is 4.40 Å². The molecule has 8 aromatic rings. The first-order valence-electron chi connectivity index (χ1n) is 16.0. The highest BCUT2D eigenvalue weighted by Gasteiger charge is 2.27. The van der Waals surface area contributed by atoms with Crippen LogP contribution < -0.4 is 11.1 Å². The van der Waals surface area contributed by atoms with Crippen LogP contribution in [0.15, 0.2) is 102 Å². The van der Waals surface area contributed by atoms with Crippen molar-refractivity contribution in [1.82, 2.24) is 4.40 Å². The highest BCUT2D eigenvalue weighted by atomic mass is 32.1. The number of aromatic nitrogens is 1. The lowest BCUT2D eigenvalue weighted by atomic mass is 9.98. The first-order valence-corrected chi connectivity index (χ1v) is 16.8. The molecule has 1 atom stereocenters. The van der Waals surface area contributed by atoms with Crippen LogP contribution in [-0.2, 0) is 6.42 Å². The Morgan fingerprint density at radius 1 is 0.844 bits per heavy atom. The van der Waals surface area contributed by atoms with Crippen molar-refractivity contribution in [3.8, 4) is 11.1 Å². The Kier molecular flexibility index (Phi) is 5.87. The molecule has 0 aliphatic heterocycles. The van der Waals surface area contributed by atoms with Crippen molar-refractivity contribution in [1.29, 1.82) is 0 Å². The van der Waals surface area contributed by atoms with Gasteiger partial charge >= 0.3 is 0 Å². The van der Waals surface area contributed by atoms with Crippen LogP contribution in [-0.4, -0.2) is 10.4 Å². The monoisotopic (exact) mass is 603 g/mol. The van der Waals surface area contributed by atoms with Crippen LogP contribution in [0.2, 0.25) is 0 Å². The van der Waals surface area contributed by atoms with Gasteiger partial charge in [-0.1, -0.05) is 92.8 Å². The van der Waals surface area contributed by atoms with Gasteiger partial charge in [0.25, 0.3) is 0 Å². The second kappa shape index (κ2) is 10.0. The summed E-state index contributed by atoms with van der Waals surface area (Å²) in [5.41, 5.74) is 15.9. The van der Waals surface area contributed by atoms with E-state index < -0.39 is 0 Å². The molecule has 3 N–H and O–H groups in total. The number of benzene rings is 4. The van der Waals surface area contributed by atoms with E-state index >= 15 is 0 Å². The number of rotatable bonds is 3. The average Bonchev–Trinajstić information content (AvgIpc) is 3.82. The quantitative estimate of drug-likeness (QED) is 0.211. The molecule has 2 aliphatic rings. The van der Waals surface area contributed by atoms with Crippen molar-refractivity contribution in [2.75, 3.05) is 11.1 Å². The number of allylic oxidation sites excluding steroid dienone is 3. The molecule has 4 heterocycles. The normalized spacial score (nSPS) is 16.0. The molecule has 10 rings (SSSR count). The zero-order chi connectivity index (χ0) is 30.2. The summed E-state index contributed by atoms with van der Waals surface area (Å²) in [7, 11) is 0. The SMILES string of the molecule is CC.Nc1c(NC2C=CC=CC2)n2c3c(-c4ccc5oc6ccccc6c5c4)cccc3c3c4sc5c(c4cc1c32)C=CCC5. The Labute approximate surface area is 265 Å². The number of fused-ring (bicyclic) bond motifs is 10. The molecule has 5 heteroatoms. The maximum atomic E-state index is 7.11. The summed E-state index contributed by atoms with van der Waals surface area (Å²) in [6, 6.07) is 24.2. The fourth-order valence-corrected chi connectivity index (χ4v) is 8.80. The van der Waals surface area contributed by atoms with E-state index in [0.29, 0.717) is 0 Å². The summed E-state index contributed by atoms with van der Waals surface area (Å²) in [5, 5.41) is 11.1. The highest BCUT2D eigenvalue weighted by Crippen LogP contribution is 2.51. The molecule has 0 radical (unpaired) electrons. The van der Waals surface area contributed by atoms with Crippen LogP contribution in [0.3, 0.4) is 0 Å². The number of anilines is 2. The van der Waals surface area contributed by atoms with E-state index in [1.165, 1.54) is 53.5 Å². The number of para-hydroxylation sites is 2. The van der Waals surface area contributed by atoms with Gasteiger partial charge in [0.05, 0.1) is 16.7 Å². The van der Waals surface area contributed by atoms with Gasteiger partial charge in [0.15, 0.2) is 0 Å². The number of furan rings is 1. The third kappa shape index (κ3) is 3.71. The third-order valence-electron chi connectivity index (χ3n) is 9.40. The smallest absolute Gasteiger partial charge is 0.135 e. The third-order valence-corrected chi connectivity index (χ3v) is 10.7. The number of nitrogens with two attached hydrogens (primary N) is 1. The standard InChI is InChI=1S/C38H27N3OS.C2H6/c39-34-29-20-28-25-12-5-7-16-32(25)43-37(28)33-26-14-8-13-23(21-17-18-31-27(19-21)24-11-4-6-15-30(24)42-31)35(26)41(36(29)33)38(34)40-22-9-2-1-3-10-22;1-2/h1-6,8-9,11-15,17-20,22,40H,7,10,16,39H2;1-2H3. The molecule has 0 fully saturated rings. The predicted molar refractivity (Wildman–Crippen MR) is 195 cm³/mol. The molecule has 220 valence electrons. The van der Waals surface area contributed by atoms with E-state index in [-0.39, 0.29) is 6.04 Å². The number of thiophene rings is 1. The zero-order valence-electron chi connectivity index (χ0n) is 25.4. The van der Waals surface area contributed by atoms with Crippen LogP contribution >= 0.6 is 11.3 Å². The number of aryl methyl sites for hydroxylation is 1. The summed E-state index contributed by atoms with van der Waals surface area (Å²) in [5.74, 6) is 0.976. The van der Waals surface area contributed by atoms with E-state index in [4.69, 9.17) is 10.2 Å². The fraction of sp³-hybridized carbons (Fsp3) is 0.150. The summed E-state index contributed by atoms with van der Waals surface area (Å²) < 4.78 is 9.96. The number of nitrogens with one attached hydrogen (secondary N) is 1. The summed E-state index contributed by atoms with van der Waals surface area (Å²) in [6.07, 6.45) is 16.4. The predicted octanol–water partition coefficient (Wildman–Crippen LogP) is 11.3. The molecule has 4 nitrogen and oxygen atoms in total. The minimum atomic E-state index is 0.179. The second-order valence-electron chi connectivity index (χ2n) is 11.8. The van der Waals surface area contributed by atoms with Gasteiger partial charge in [-0.25, -0.2) is 0 Å². The molecule has 0 saturated carbocycles. The van der Waals surface area contributed by atoms with Crippen LogP contribution in [0.1, 0.15) is 37.1 Å². The Bertz CT molecular complexity index is 2540. The van der Waals surface area contributed by atoms with Crippen molar-refractivity contribution in [3.05, 3.63) is 108 Å². The molecule has 0 saturated heterocycles.